The third-order valence-corrected chi connectivity index (χ3v) is 6.18. The van der Waals surface area contributed by atoms with Crippen molar-refractivity contribution >= 4 is 17.9 Å². The minimum absolute atomic E-state index is 0.0171. The van der Waals surface area contributed by atoms with E-state index in [-0.39, 0.29) is 23.8 Å². The zero-order valence-corrected chi connectivity index (χ0v) is 20.3. The number of piperidine rings is 1. The second-order valence-corrected chi connectivity index (χ2v) is 10.7. The molecule has 176 valence electrons. The molecule has 0 spiro atoms. The van der Waals surface area contributed by atoms with Crippen molar-refractivity contribution in [2.45, 2.75) is 65.5 Å². The quantitative estimate of drug-likeness (QED) is 0.699. The summed E-state index contributed by atoms with van der Waals surface area (Å²) in [6, 6.07) is 7.57. The maximum atomic E-state index is 13.5. The van der Waals surface area contributed by atoms with Crippen LogP contribution in [-0.2, 0) is 9.53 Å². The van der Waals surface area contributed by atoms with Crippen molar-refractivity contribution in [2.24, 2.45) is 5.92 Å². The predicted octanol–water partition coefficient (Wildman–Crippen LogP) is 3.71. The van der Waals surface area contributed by atoms with Gasteiger partial charge in [-0.3, -0.25) is 9.59 Å². The summed E-state index contributed by atoms with van der Waals surface area (Å²) in [5.74, 6) is -0.165. The smallest absolute Gasteiger partial charge is 0.410 e. The monoisotopic (exact) mass is 443 g/mol. The fourth-order valence-electron chi connectivity index (χ4n) is 4.51. The van der Waals surface area contributed by atoms with Gasteiger partial charge in [-0.2, -0.15) is 0 Å². The first kappa shape index (κ1) is 24.1. The van der Waals surface area contributed by atoms with E-state index in [0.717, 1.165) is 18.4 Å². The normalized spacial score (nSPS) is 21.3. The number of carbonyl (C=O) groups excluding carboxylic acids is 3. The van der Waals surface area contributed by atoms with Crippen molar-refractivity contribution in [1.82, 2.24) is 14.7 Å². The van der Waals surface area contributed by atoms with Crippen LogP contribution in [0.3, 0.4) is 0 Å². The van der Waals surface area contributed by atoms with E-state index < -0.39 is 11.1 Å². The van der Waals surface area contributed by atoms with Crippen LogP contribution in [0.15, 0.2) is 24.3 Å². The lowest BCUT2D eigenvalue weighted by molar-refractivity contribution is -0.146. The molecule has 2 saturated heterocycles. The van der Waals surface area contributed by atoms with Gasteiger partial charge in [0.05, 0.1) is 11.5 Å². The van der Waals surface area contributed by atoms with E-state index in [2.05, 4.69) is 0 Å². The summed E-state index contributed by atoms with van der Waals surface area (Å²) in [6.07, 6.45) is 1.25. The van der Waals surface area contributed by atoms with E-state index in [1.807, 2.05) is 70.7 Å². The summed E-state index contributed by atoms with van der Waals surface area (Å²) in [4.78, 5) is 44.3. The molecule has 0 aliphatic carbocycles. The summed E-state index contributed by atoms with van der Waals surface area (Å²) < 4.78 is 5.51. The first-order valence-corrected chi connectivity index (χ1v) is 11.5. The van der Waals surface area contributed by atoms with Crippen LogP contribution < -0.4 is 0 Å². The molecule has 7 nitrogen and oxygen atoms in total. The number of aryl methyl sites for hydroxylation is 1. The fourth-order valence-corrected chi connectivity index (χ4v) is 4.51. The van der Waals surface area contributed by atoms with Gasteiger partial charge in [-0.05, 0) is 66.5 Å². The highest BCUT2D eigenvalue weighted by atomic mass is 16.6. The Morgan fingerprint density at radius 1 is 1.00 bits per heavy atom. The van der Waals surface area contributed by atoms with Gasteiger partial charge in [0, 0.05) is 38.3 Å². The van der Waals surface area contributed by atoms with Crippen LogP contribution in [0.25, 0.3) is 0 Å². The highest BCUT2D eigenvalue weighted by molar-refractivity contribution is 5.94. The van der Waals surface area contributed by atoms with Crippen LogP contribution in [0.2, 0.25) is 0 Å². The van der Waals surface area contributed by atoms with E-state index >= 15 is 0 Å². The van der Waals surface area contributed by atoms with Gasteiger partial charge in [0.25, 0.3) is 5.91 Å². The molecule has 1 unspecified atom stereocenters. The van der Waals surface area contributed by atoms with Crippen LogP contribution >= 0.6 is 0 Å². The second kappa shape index (κ2) is 9.12. The van der Waals surface area contributed by atoms with Crippen LogP contribution in [0, 0.1) is 12.8 Å². The van der Waals surface area contributed by atoms with Crippen LogP contribution in [0.4, 0.5) is 4.79 Å². The molecule has 2 aliphatic rings. The predicted molar refractivity (Wildman–Crippen MR) is 123 cm³/mol. The summed E-state index contributed by atoms with van der Waals surface area (Å²) in [6.45, 7) is 14.0. The molecule has 1 aromatic rings. The number of amides is 3. The highest BCUT2D eigenvalue weighted by Crippen LogP contribution is 2.28. The van der Waals surface area contributed by atoms with Crippen LogP contribution in [-0.4, -0.2) is 76.5 Å². The fraction of sp³-hybridized carbons (Fsp3) is 0.640. The van der Waals surface area contributed by atoms with Gasteiger partial charge in [-0.15, -0.1) is 0 Å². The largest absolute Gasteiger partial charge is 0.444 e. The molecule has 2 fully saturated rings. The van der Waals surface area contributed by atoms with E-state index in [9.17, 15) is 14.4 Å². The molecule has 1 aromatic carbocycles. The number of rotatable bonds is 2. The lowest BCUT2D eigenvalue weighted by atomic mass is 9.91. The molecule has 0 aromatic heterocycles. The molecule has 32 heavy (non-hydrogen) atoms. The number of piperazine rings is 1. The Balaban J connectivity index is 1.64. The summed E-state index contributed by atoms with van der Waals surface area (Å²) in [5, 5.41) is 0. The minimum atomic E-state index is -0.552. The Bertz CT molecular complexity index is 857. The van der Waals surface area contributed by atoms with E-state index in [1.54, 1.807) is 9.80 Å². The number of ether oxygens (including phenoxy) is 1. The van der Waals surface area contributed by atoms with E-state index in [0.29, 0.717) is 38.3 Å². The molecular weight excluding hydrogens is 406 g/mol. The summed E-state index contributed by atoms with van der Waals surface area (Å²) in [5.41, 5.74) is 0.718. The maximum Gasteiger partial charge on any atom is 0.410 e. The van der Waals surface area contributed by atoms with Crippen LogP contribution in [0.1, 0.15) is 63.4 Å². The number of hydrogen-bond acceptors (Lipinski definition) is 4. The van der Waals surface area contributed by atoms with Gasteiger partial charge in [-0.1, -0.05) is 17.7 Å². The average molecular weight is 444 g/mol. The van der Waals surface area contributed by atoms with Crippen molar-refractivity contribution in [1.29, 1.82) is 0 Å². The number of nitrogens with zero attached hydrogens (tertiary/aromatic N) is 3. The standard InChI is InChI=1S/C25H37N3O4/c1-18-9-11-19(12-10-18)21(29)26-13-7-8-20(16-26)22(30)28-15-14-27(17-25(28,5)6)23(31)32-24(2,3)4/h9-12,20H,7-8,13-17H2,1-6H3. The van der Waals surface area contributed by atoms with Gasteiger partial charge in [0.2, 0.25) is 5.91 Å². The Morgan fingerprint density at radius 3 is 2.25 bits per heavy atom. The third kappa shape index (κ3) is 5.61. The Morgan fingerprint density at radius 2 is 1.66 bits per heavy atom. The first-order chi connectivity index (χ1) is 14.9. The number of hydrogen-bond donors (Lipinski definition) is 0. The summed E-state index contributed by atoms with van der Waals surface area (Å²) in [7, 11) is 0. The van der Waals surface area contributed by atoms with Gasteiger partial charge >= 0.3 is 6.09 Å². The van der Waals surface area contributed by atoms with Crippen molar-refractivity contribution in [3.05, 3.63) is 35.4 Å². The maximum absolute atomic E-state index is 13.5. The topological polar surface area (TPSA) is 70.2 Å². The van der Waals surface area contributed by atoms with E-state index in [1.165, 1.54) is 0 Å². The van der Waals surface area contributed by atoms with Gasteiger partial charge in [-0.25, -0.2) is 4.79 Å². The average Bonchev–Trinajstić information content (AvgIpc) is 2.71. The van der Waals surface area contributed by atoms with Crippen molar-refractivity contribution in [3.63, 3.8) is 0 Å². The summed E-state index contributed by atoms with van der Waals surface area (Å²) >= 11 is 0. The zero-order valence-electron chi connectivity index (χ0n) is 20.3. The number of benzene rings is 1. The number of likely N-dealkylation sites (tertiary alicyclic amines) is 1. The molecule has 1 atom stereocenters. The first-order valence-electron chi connectivity index (χ1n) is 11.5. The Kier molecular flexibility index (Phi) is 6.86. The number of carbonyl (C=O) groups is 3. The van der Waals surface area contributed by atoms with E-state index in [4.69, 9.17) is 4.74 Å². The Labute approximate surface area is 191 Å². The molecule has 0 N–H and O–H groups in total. The molecule has 0 radical (unpaired) electrons. The lowest BCUT2D eigenvalue weighted by Gasteiger charge is -2.48. The van der Waals surface area contributed by atoms with Gasteiger partial charge < -0.3 is 19.4 Å². The molecule has 2 heterocycles. The minimum Gasteiger partial charge on any atom is -0.444 e. The van der Waals surface area contributed by atoms with Crippen LogP contribution in [0.5, 0.6) is 0 Å². The molecule has 3 rings (SSSR count). The molecule has 0 saturated carbocycles. The SMILES string of the molecule is Cc1ccc(C(=O)N2CCCC(C(=O)N3CCN(C(=O)OC(C)(C)C)CC3(C)C)C2)cc1. The Hall–Kier alpha value is -2.57. The van der Waals surface area contributed by atoms with Gasteiger partial charge in [0.1, 0.15) is 5.60 Å². The molecular formula is C25H37N3O4. The van der Waals surface area contributed by atoms with Crippen molar-refractivity contribution in [3.8, 4) is 0 Å². The molecule has 0 bridgehead atoms. The third-order valence-electron chi connectivity index (χ3n) is 6.18. The second-order valence-electron chi connectivity index (χ2n) is 10.7. The van der Waals surface area contributed by atoms with Crippen molar-refractivity contribution in [2.75, 3.05) is 32.7 Å². The van der Waals surface area contributed by atoms with Gasteiger partial charge in [0.15, 0.2) is 0 Å². The lowest BCUT2D eigenvalue weighted by Crippen LogP contribution is -2.64. The molecule has 2 aliphatic heterocycles. The zero-order chi connectivity index (χ0) is 23.7. The van der Waals surface area contributed by atoms with Crippen molar-refractivity contribution < 1.29 is 19.1 Å². The molecule has 7 heteroatoms. The highest BCUT2D eigenvalue weighted by Gasteiger charge is 2.42. The molecule has 3 amide bonds.